The lowest BCUT2D eigenvalue weighted by Gasteiger charge is -2.26. The maximum Gasteiger partial charge on any atom is 0.306 e. The summed E-state index contributed by atoms with van der Waals surface area (Å²) < 4.78 is 22.8. The molecule has 0 aromatic carbocycles. The molecule has 0 radical (unpaired) electrons. The third kappa shape index (κ3) is 66.5. The summed E-state index contributed by atoms with van der Waals surface area (Å²) in [5.74, 6) is -2.31. The number of esters is 2. The average Bonchev–Trinajstić information content (AvgIpc) is 3.48. The molecule has 0 fully saturated rings. The predicted octanol–water partition coefficient (Wildman–Crippen LogP) is 19.8. The largest absolute Gasteiger partial charge is 0.545 e. The molecule has 2 unspecified atom stereocenters. The molecule has 0 rings (SSSR count). The lowest BCUT2D eigenvalue weighted by atomic mass is 10.0. The van der Waals surface area contributed by atoms with Crippen LogP contribution in [0.3, 0.4) is 0 Å². The molecule has 0 spiro atoms. The number of allylic oxidation sites excluding steroid dienone is 24. The van der Waals surface area contributed by atoms with E-state index in [9.17, 15) is 19.5 Å². The number of aliphatic carboxylic acids is 1. The molecule has 0 aromatic heterocycles. The first-order valence-electron chi connectivity index (χ1n) is 34.0. The molecule has 482 valence electrons. The van der Waals surface area contributed by atoms with Crippen LogP contribution in [0, 0.1) is 0 Å². The van der Waals surface area contributed by atoms with Crippen molar-refractivity contribution in [2.75, 3.05) is 47.5 Å². The fourth-order valence-corrected chi connectivity index (χ4v) is 8.96. The van der Waals surface area contributed by atoms with Gasteiger partial charge in [-0.1, -0.05) is 275 Å². The van der Waals surface area contributed by atoms with E-state index in [1.807, 2.05) is 21.1 Å². The Bertz CT molecular complexity index is 1900. The standard InChI is InChI=1S/C76H125NO8/c1-6-8-10-12-14-16-18-20-22-24-26-28-30-32-34-36-37-39-40-42-44-46-48-50-52-54-56-58-60-62-64-66-73(78)83-70-72(71-84-76(75(80)81)82-69-68-77(3,4)5)85-74(79)67-65-63-61-59-57-55-53-51-49-47-45-43-41-38-35-33-31-29-27-25-23-21-19-17-15-13-11-9-7-2/h8-11,14-17,20-23,26-29,32-35,41,43,47,49,72,76H,6-7,12-13,18-19,24-25,30-31,36-40,42,44-46,48,50-71H2,1-5H3/b10-8-,11-9-,16-14-,17-15-,22-20-,23-21-,28-26-,29-27-,34-32-,35-33-,43-41-,49-47-. The first-order valence-corrected chi connectivity index (χ1v) is 34.0. The zero-order chi connectivity index (χ0) is 61.9. The zero-order valence-corrected chi connectivity index (χ0v) is 54.9. The third-order valence-corrected chi connectivity index (χ3v) is 14.1. The molecule has 9 heteroatoms. The van der Waals surface area contributed by atoms with E-state index >= 15 is 0 Å². The Morgan fingerprint density at radius 2 is 0.635 bits per heavy atom. The summed E-state index contributed by atoms with van der Waals surface area (Å²) >= 11 is 0. The number of hydrogen-bond donors (Lipinski definition) is 0. The number of quaternary nitrogens is 1. The summed E-state index contributed by atoms with van der Waals surface area (Å²) in [5.41, 5.74) is 0. The smallest absolute Gasteiger partial charge is 0.306 e. The number of carbonyl (C=O) groups is 3. The summed E-state index contributed by atoms with van der Waals surface area (Å²) in [4.78, 5) is 37.5. The Morgan fingerprint density at radius 1 is 0.353 bits per heavy atom. The van der Waals surface area contributed by atoms with E-state index in [4.69, 9.17) is 18.9 Å². The molecule has 0 aliphatic carbocycles. The number of carboxylic acids is 1. The van der Waals surface area contributed by atoms with Gasteiger partial charge < -0.3 is 33.3 Å². The van der Waals surface area contributed by atoms with Gasteiger partial charge in [0.25, 0.3) is 0 Å². The van der Waals surface area contributed by atoms with Gasteiger partial charge in [-0.25, -0.2) is 0 Å². The van der Waals surface area contributed by atoms with Gasteiger partial charge in [0.15, 0.2) is 12.4 Å². The molecule has 0 heterocycles. The van der Waals surface area contributed by atoms with Crippen LogP contribution in [0.25, 0.3) is 0 Å². The summed E-state index contributed by atoms with van der Waals surface area (Å²) in [6.45, 7) is 4.50. The van der Waals surface area contributed by atoms with Crippen molar-refractivity contribution in [1.29, 1.82) is 0 Å². The van der Waals surface area contributed by atoms with Crippen molar-refractivity contribution in [3.05, 3.63) is 146 Å². The second kappa shape index (κ2) is 65.2. The molecule has 0 saturated heterocycles. The molecule has 0 amide bonds. The van der Waals surface area contributed by atoms with Crippen molar-refractivity contribution in [2.24, 2.45) is 0 Å². The highest BCUT2D eigenvalue weighted by atomic mass is 16.7. The van der Waals surface area contributed by atoms with Crippen LogP contribution in [0.2, 0.25) is 0 Å². The van der Waals surface area contributed by atoms with E-state index in [2.05, 4.69) is 160 Å². The topological polar surface area (TPSA) is 111 Å². The molecule has 0 bridgehead atoms. The van der Waals surface area contributed by atoms with Crippen molar-refractivity contribution >= 4 is 17.9 Å². The molecule has 0 N–H and O–H groups in total. The molecule has 0 aromatic rings. The Balaban J connectivity index is 4.20. The second-order valence-electron chi connectivity index (χ2n) is 23.3. The van der Waals surface area contributed by atoms with E-state index < -0.39 is 24.3 Å². The maximum atomic E-state index is 12.9. The average molecular weight is 1180 g/mol. The van der Waals surface area contributed by atoms with Gasteiger partial charge in [0.1, 0.15) is 13.2 Å². The van der Waals surface area contributed by atoms with Crippen LogP contribution in [-0.4, -0.2) is 82.3 Å². The summed E-state index contributed by atoms with van der Waals surface area (Å²) in [5, 5.41) is 11.8. The van der Waals surface area contributed by atoms with Gasteiger partial charge in [-0.3, -0.25) is 9.59 Å². The molecular formula is C76H125NO8. The van der Waals surface area contributed by atoms with E-state index in [1.165, 1.54) is 103 Å². The van der Waals surface area contributed by atoms with Gasteiger partial charge in [-0.2, -0.15) is 0 Å². The van der Waals surface area contributed by atoms with Gasteiger partial charge in [-0.05, 0) is 116 Å². The Labute approximate surface area is 522 Å². The van der Waals surface area contributed by atoms with Gasteiger partial charge in [0.05, 0.1) is 40.3 Å². The van der Waals surface area contributed by atoms with Crippen LogP contribution in [0.15, 0.2) is 146 Å². The summed E-state index contributed by atoms with van der Waals surface area (Å²) in [6.07, 6.45) is 92.0. The van der Waals surface area contributed by atoms with Crippen molar-refractivity contribution < 1.29 is 42.9 Å². The lowest BCUT2D eigenvalue weighted by Crippen LogP contribution is -2.44. The van der Waals surface area contributed by atoms with Crippen LogP contribution in [0.1, 0.15) is 258 Å². The highest BCUT2D eigenvalue weighted by Crippen LogP contribution is 2.16. The van der Waals surface area contributed by atoms with Crippen LogP contribution >= 0.6 is 0 Å². The molecule has 0 saturated carbocycles. The number of carbonyl (C=O) groups excluding carboxylic acids is 3. The molecule has 85 heavy (non-hydrogen) atoms. The number of ether oxygens (including phenoxy) is 4. The fraction of sp³-hybridized carbons (Fsp3) is 0.645. The molecule has 0 aliphatic rings. The minimum atomic E-state index is -1.63. The van der Waals surface area contributed by atoms with Gasteiger partial charge in [0.2, 0.25) is 0 Å². The van der Waals surface area contributed by atoms with Gasteiger partial charge in [-0.15, -0.1) is 0 Å². The minimum Gasteiger partial charge on any atom is -0.545 e. The van der Waals surface area contributed by atoms with Crippen LogP contribution in [-0.2, 0) is 33.3 Å². The normalized spacial score (nSPS) is 13.7. The van der Waals surface area contributed by atoms with Crippen LogP contribution in [0.4, 0.5) is 0 Å². The first-order chi connectivity index (χ1) is 41.6. The maximum absolute atomic E-state index is 12.9. The van der Waals surface area contributed by atoms with Gasteiger partial charge in [0, 0.05) is 12.8 Å². The highest BCUT2D eigenvalue weighted by molar-refractivity contribution is 5.70. The van der Waals surface area contributed by atoms with Crippen LogP contribution in [0.5, 0.6) is 0 Å². The number of nitrogens with zero attached hydrogens (tertiary/aromatic N) is 1. The van der Waals surface area contributed by atoms with Crippen molar-refractivity contribution in [2.45, 2.75) is 270 Å². The quantitative estimate of drug-likeness (QED) is 0.0195. The lowest BCUT2D eigenvalue weighted by molar-refractivity contribution is -0.870. The molecule has 2 atom stereocenters. The Hall–Kier alpha value is -4.83. The Kier molecular flexibility index (Phi) is 61.4. The number of likely N-dealkylation sites (N-methyl/N-ethyl adjacent to an activating group) is 1. The van der Waals surface area contributed by atoms with Gasteiger partial charge >= 0.3 is 11.9 Å². The van der Waals surface area contributed by atoms with E-state index in [-0.39, 0.29) is 38.6 Å². The number of carboxylic acid groups (broad SMARTS) is 1. The summed E-state index contributed by atoms with van der Waals surface area (Å²) in [6, 6.07) is 0. The minimum absolute atomic E-state index is 0.138. The third-order valence-electron chi connectivity index (χ3n) is 14.1. The molecular weight excluding hydrogens is 1050 g/mol. The zero-order valence-electron chi connectivity index (χ0n) is 54.9. The van der Waals surface area contributed by atoms with E-state index in [1.54, 1.807) is 0 Å². The molecule has 0 aliphatic heterocycles. The van der Waals surface area contributed by atoms with E-state index in [0.29, 0.717) is 17.4 Å². The number of unbranched alkanes of at least 4 members (excludes halogenated alkanes) is 22. The van der Waals surface area contributed by atoms with E-state index in [0.717, 1.165) is 122 Å². The van der Waals surface area contributed by atoms with Crippen molar-refractivity contribution in [1.82, 2.24) is 0 Å². The monoisotopic (exact) mass is 1180 g/mol. The highest BCUT2D eigenvalue weighted by Gasteiger charge is 2.22. The summed E-state index contributed by atoms with van der Waals surface area (Å²) in [7, 11) is 5.92. The Morgan fingerprint density at radius 3 is 0.941 bits per heavy atom. The molecule has 9 nitrogen and oxygen atoms in total. The SMILES string of the molecule is CC/C=C\C/C=C\C/C=C\C/C=C\C/C=C\C/C=C\C/C=C\CCCCCCCCCC(=O)OC(COC(=O)CCCCCCCCCCCCCCCCC/C=C\C/C=C\C/C=C\C/C=C\C/C=C\CC)COC(OCC[N+](C)(C)C)C(=O)[O-]. The first kappa shape index (κ1) is 80.2. The fourth-order valence-electron chi connectivity index (χ4n) is 8.96. The van der Waals surface area contributed by atoms with Crippen molar-refractivity contribution in [3.8, 4) is 0 Å². The number of rotatable bonds is 61. The number of hydrogen-bond acceptors (Lipinski definition) is 8. The predicted molar refractivity (Wildman–Crippen MR) is 361 cm³/mol. The van der Waals surface area contributed by atoms with Crippen molar-refractivity contribution in [3.63, 3.8) is 0 Å². The second-order valence-corrected chi connectivity index (χ2v) is 23.3. The van der Waals surface area contributed by atoms with Crippen LogP contribution < -0.4 is 5.11 Å².